The second-order valence-corrected chi connectivity index (χ2v) is 9.28. The van der Waals surface area contributed by atoms with Gasteiger partial charge in [0.15, 0.2) is 0 Å². The van der Waals surface area contributed by atoms with E-state index in [0.29, 0.717) is 6.42 Å². The molecule has 1 rings (SSSR count). The van der Waals surface area contributed by atoms with Gasteiger partial charge in [-0.15, -0.1) is 0 Å². The first-order chi connectivity index (χ1) is 15.8. The van der Waals surface area contributed by atoms with E-state index in [1.54, 1.807) is 38.1 Å². The van der Waals surface area contributed by atoms with E-state index >= 15 is 0 Å². The van der Waals surface area contributed by atoms with Crippen LogP contribution >= 0.6 is 0 Å². The smallest absolute Gasteiger partial charge is 0.326 e. The summed E-state index contributed by atoms with van der Waals surface area (Å²) in [5.74, 6) is -3.52. The average Bonchev–Trinajstić information content (AvgIpc) is 2.74. The Kier molecular flexibility index (Phi) is 11.7. The van der Waals surface area contributed by atoms with Crippen LogP contribution in [0.2, 0.25) is 0 Å². The summed E-state index contributed by atoms with van der Waals surface area (Å²) in [7, 11) is 0. The fourth-order valence-electron chi connectivity index (χ4n) is 3.37. The molecule has 7 N–H and O–H groups in total. The number of nitrogens with two attached hydrogens (primary N) is 1. The third kappa shape index (κ3) is 9.48. The Balaban J connectivity index is 3.07. The minimum Gasteiger partial charge on any atom is -0.480 e. The number of amides is 3. The fourth-order valence-corrected chi connectivity index (χ4v) is 3.37. The van der Waals surface area contributed by atoms with Crippen LogP contribution in [-0.4, -0.2) is 64.2 Å². The van der Waals surface area contributed by atoms with E-state index in [9.17, 15) is 29.4 Å². The predicted octanol–water partition coefficient (Wildman–Crippen LogP) is 0.178. The molecule has 0 saturated heterocycles. The van der Waals surface area contributed by atoms with E-state index in [1.807, 2.05) is 19.9 Å². The summed E-state index contributed by atoms with van der Waals surface area (Å²) >= 11 is 0. The first-order valence-electron chi connectivity index (χ1n) is 11.4. The molecule has 0 heterocycles. The van der Waals surface area contributed by atoms with Crippen LogP contribution in [-0.2, 0) is 25.6 Å². The van der Waals surface area contributed by atoms with Gasteiger partial charge in [-0.05, 0) is 30.7 Å². The van der Waals surface area contributed by atoms with Gasteiger partial charge in [-0.2, -0.15) is 0 Å². The van der Waals surface area contributed by atoms with Crippen LogP contribution in [0.5, 0.6) is 0 Å². The molecule has 1 aromatic rings. The second kappa shape index (κ2) is 13.7. The third-order valence-corrected chi connectivity index (χ3v) is 5.27. The van der Waals surface area contributed by atoms with E-state index in [1.165, 1.54) is 6.92 Å². The van der Waals surface area contributed by atoms with Gasteiger partial charge in [-0.3, -0.25) is 14.4 Å². The Morgan fingerprint density at radius 2 is 1.41 bits per heavy atom. The summed E-state index contributed by atoms with van der Waals surface area (Å²) in [5, 5.41) is 26.9. The van der Waals surface area contributed by atoms with Crippen LogP contribution in [0.4, 0.5) is 0 Å². The highest BCUT2D eigenvalue weighted by molar-refractivity contribution is 5.94. The van der Waals surface area contributed by atoms with Gasteiger partial charge in [0, 0.05) is 6.42 Å². The molecule has 0 fully saturated rings. The van der Waals surface area contributed by atoms with Gasteiger partial charge in [0.05, 0.1) is 12.1 Å². The molecule has 0 aliphatic carbocycles. The number of rotatable bonds is 13. The van der Waals surface area contributed by atoms with Crippen molar-refractivity contribution in [2.24, 2.45) is 17.6 Å². The Morgan fingerprint density at radius 1 is 0.853 bits per heavy atom. The SMILES string of the molecule is CC(C)CC(N)C(=O)NC(Cc1ccccc1)C(=O)NC(C(=O)NC(C(=O)O)C(C)C)C(C)O. The third-order valence-electron chi connectivity index (χ3n) is 5.27. The number of carbonyl (C=O) groups is 4. The van der Waals surface area contributed by atoms with Crippen LogP contribution in [0, 0.1) is 11.8 Å². The summed E-state index contributed by atoms with van der Waals surface area (Å²) < 4.78 is 0. The van der Waals surface area contributed by atoms with Crippen molar-refractivity contribution >= 4 is 23.7 Å². The van der Waals surface area contributed by atoms with Crippen molar-refractivity contribution < 1.29 is 29.4 Å². The minimum absolute atomic E-state index is 0.130. The Labute approximate surface area is 200 Å². The van der Waals surface area contributed by atoms with Crippen molar-refractivity contribution in [3.05, 3.63) is 35.9 Å². The van der Waals surface area contributed by atoms with Crippen molar-refractivity contribution in [3.63, 3.8) is 0 Å². The molecule has 0 spiro atoms. The number of carboxylic acids is 1. The number of aliphatic carboxylic acids is 1. The van der Waals surface area contributed by atoms with Gasteiger partial charge in [-0.25, -0.2) is 4.79 Å². The summed E-state index contributed by atoms with van der Waals surface area (Å²) in [6.45, 7) is 8.41. The number of nitrogens with one attached hydrogen (secondary N) is 3. The largest absolute Gasteiger partial charge is 0.480 e. The van der Waals surface area contributed by atoms with Crippen molar-refractivity contribution in [1.29, 1.82) is 0 Å². The lowest BCUT2D eigenvalue weighted by molar-refractivity contribution is -0.144. The first kappa shape index (κ1) is 29.1. The molecule has 0 aliphatic rings. The maximum absolute atomic E-state index is 13.1. The lowest BCUT2D eigenvalue weighted by atomic mass is 10.0. The van der Waals surface area contributed by atoms with Crippen LogP contribution in [0.25, 0.3) is 0 Å². The van der Waals surface area contributed by atoms with E-state index in [2.05, 4.69) is 16.0 Å². The van der Waals surface area contributed by atoms with Crippen LogP contribution in [0.3, 0.4) is 0 Å². The van der Waals surface area contributed by atoms with E-state index in [0.717, 1.165) is 5.56 Å². The van der Waals surface area contributed by atoms with E-state index < -0.39 is 59.9 Å². The van der Waals surface area contributed by atoms with Crippen molar-refractivity contribution in [2.75, 3.05) is 0 Å². The van der Waals surface area contributed by atoms with Crippen LogP contribution < -0.4 is 21.7 Å². The number of aliphatic hydroxyl groups is 1. The van der Waals surface area contributed by atoms with Crippen molar-refractivity contribution in [3.8, 4) is 0 Å². The van der Waals surface area contributed by atoms with E-state index in [4.69, 9.17) is 5.73 Å². The normalized spacial score (nSPS) is 15.7. The monoisotopic (exact) mass is 478 g/mol. The molecule has 1 aromatic carbocycles. The molecule has 34 heavy (non-hydrogen) atoms. The predicted molar refractivity (Wildman–Crippen MR) is 128 cm³/mol. The Morgan fingerprint density at radius 3 is 1.88 bits per heavy atom. The molecule has 0 radical (unpaired) electrons. The number of carboxylic acid groups (broad SMARTS) is 1. The van der Waals surface area contributed by atoms with Crippen LogP contribution in [0.15, 0.2) is 30.3 Å². The fraction of sp³-hybridized carbons (Fsp3) is 0.583. The lowest BCUT2D eigenvalue weighted by Gasteiger charge is -2.27. The summed E-state index contributed by atoms with van der Waals surface area (Å²) in [5.41, 5.74) is 6.73. The highest BCUT2D eigenvalue weighted by atomic mass is 16.4. The second-order valence-electron chi connectivity index (χ2n) is 9.28. The average molecular weight is 479 g/mol. The van der Waals surface area contributed by atoms with Gasteiger partial charge in [0.1, 0.15) is 18.1 Å². The zero-order chi connectivity index (χ0) is 26.0. The van der Waals surface area contributed by atoms with Crippen LogP contribution in [0.1, 0.15) is 46.6 Å². The van der Waals surface area contributed by atoms with Gasteiger partial charge in [0.25, 0.3) is 0 Å². The minimum atomic E-state index is -1.42. The van der Waals surface area contributed by atoms with Gasteiger partial charge < -0.3 is 31.9 Å². The number of carbonyl (C=O) groups excluding carboxylic acids is 3. The zero-order valence-electron chi connectivity index (χ0n) is 20.4. The quantitative estimate of drug-likeness (QED) is 0.235. The number of benzene rings is 1. The van der Waals surface area contributed by atoms with Crippen molar-refractivity contribution in [1.82, 2.24) is 16.0 Å². The number of hydrogen-bond donors (Lipinski definition) is 6. The summed E-state index contributed by atoms with van der Waals surface area (Å²) in [4.78, 5) is 49.9. The highest BCUT2D eigenvalue weighted by Gasteiger charge is 2.33. The van der Waals surface area contributed by atoms with E-state index in [-0.39, 0.29) is 12.3 Å². The molecule has 190 valence electrons. The maximum Gasteiger partial charge on any atom is 0.326 e. The molecule has 5 unspecified atom stereocenters. The molecule has 10 heteroatoms. The number of hydrogen-bond acceptors (Lipinski definition) is 6. The molecule has 5 atom stereocenters. The lowest BCUT2D eigenvalue weighted by Crippen LogP contribution is -2.60. The zero-order valence-corrected chi connectivity index (χ0v) is 20.4. The standard InChI is InChI=1S/C24H38N4O6/c1-13(2)11-17(25)21(30)26-18(12-16-9-7-6-8-10-16)22(31)28-20(15(5)29)23(32)27-19(14(3)4)24(33)34/h6-10,13-15,17-20,29H,11-12,25H2,1-5H3,(H,26,30)(H,27,32)(H,28,31)(H,33,34). The van der Waals surface area contributed by atoms with Gasteiger partial charge in [-0.1, -0.05) is 58.0 Å². The topological polar surface area (TPSA) is 171 Å². The molecule has 3 amide bonds. The van der Waals surface area contributed by atoms with Gasteiger partial charge in [0.2, 0.25) is 17.7 Å². The summed E-state index contributed by atoms with van der Waals surface area (Å²) in [6.07, 6.45) is -0.761. The molecule has 0 saturated carbocycles. The Bertz CT molecular complexity index is 828. The molecular weight excluding hydrogens is 440 g/mol. The highest BCUT2D eigenvalue weighted by Crippen LogP contribution is 2.08. The van der Waals surface area contributed by atoms with Gasteiger partial charge >= 0.3 is 5.97 Å². The molecule has 0 aliphatic heterocycles. The molecular formula is C24H38N4O6. The summed E-state index contributed by atoms with van der Waals surface area (Å²) in [6, 6.07) is 4.48. The van der Waals surface area contributed by atoms with Crippen molar-refractivity contribution in [2.45, 2.75) is 77.7 Å². The molecule has 0 bridgehead atoms. The first-order valence-corrected chi connectivity index (χ1v) is 11.4. The number of aliphatic hydroxyl groups excluding tert-OH is 1. The Hall–Kier alpha value is -2.98. The maximum atomic E-state index is 13.1. The molecule has 10 nitrogen and oxygen atoms in total. The molecule has 0 aromatic heterocycles.